The maximum atomic E-state index is 13.2. The molecule has 1 aromatic heterocycles. The van der Waals surface area contributed by atoms with E-state index in [1.807, 2.05) is 9.58 Å². The number of hydrogen-bond acceptors (Lipinski definition) is 4. The van der Waals surface area contributed by atoms with Crippen molar-refractivity contribution in [1.29, 1.82) is 0 Å². The first kappa shape index (κ1) is 17.7. The SMILES string of the molecule is COCc1nc2n(n1)CCCC2NC(=O)N1Cc2ccccc2C2(CCC2)C1. The van der Waals surface area contributed by atoms with Crippen LogP contribution in [-0.4, -0.2) is 39.4 Å². The van der Waals surface area contributed by atoms with Gasteiger partial charge in [-0.25, -0.2) is 14.5 Å². The van der Waals surface area contributed by atoms with Crippen LogP contribution in [0.2, 0.25) is 0 Å². The second-order valence-corrected chi connectivity index (χ2v) is 8.33. The molecule has 0 saturated heterocycles. The fraction of sp³-hybridized carbons (Fsp3) is 0.571. The number of nitrogens with zero attached hydrogens (tertiary/aromatic N) is 4. The first-order valence-corrected chi connectivity index (χ1v) is 10.2. The monoisotopic (exact) mass is 381 g/mol. The Bertz CT molecular complexity index is 889. The van der Waals surface area contributed by atoms with E-state index in [9.17, 15) is 4.79 Å². The molecule has 0 bridgehead atoms. The first-order chi connectivity index (χ1) is 13.7. The molecule has 1 N–H and O–H groups in total. The molecule has 148 valence electrons. The van der Waals surface area contributed by atoms with Crippen molar-refractivity contribution < 1.29 is 9.53 Å². The number of urea groups is 1. The number of nitrogens with one attached hydrogen (secondary N) is 1. The predicted octanol–water partition coefficient (Wildman–Crippen LogP) is 2.91. The zero-order chi connectivity index (χ0) is 19.1. The maximum absolute atomic E-state index is 13.2. The Labute approximate surface area is 165 Å². The third-order valence-electron chi connectivity index (χ3n) is 6.53. The molecule has 1 aliphatic carbocycles. The van der Waals surface area contributed by atoms with Crippen LogP contribution in [0.4, 0.5) is 4.79 Å². The van der Waals surface area contributed by atoms with Gasteiger partial charge in [-0.3, -0.25) is 0 Å². The molecular formula is C21H27N5O2. The summed E-state index contributed by atoms with van der Waals surface area (Å²) in [4.78, 5) is 19.8. The molecular weight excluding hydrogens is 354 g/mol. The zero-order valence-corrected chi connectivity index (χ0v) is 16.4. The minimum Gasteiger partial charge on any atom is -0.377 e. The highest BCUT2D eigenvalue weighted by Gasteiger charge is 2.45. The fourth-order valence-electron chi connectivity index (χ4n) is 5.03. The molecule has 1 fully saturated rings. The average molecular weight is 381 g/mol. The fourth-order valence-corrected chi connectivity index (χ4v) is 5.03. The zero-order valence-electron chi connectivity index (χ0n) is 16.4. The van der Waals surface area contributed by atoms with E-state index in [0.29, 0.717) is 19.0 Å². The van der Waals surface area contributed by atoms with Crippen LogP contribution in [0.3, 0.4) is 0 Å². The van der Waals surface area contributed by atoms with E-state index >= 15 is 0 Å². The number of aryl methyl sites for hydroxylation is 1. The predicted molar refractivity (Wildman–Crippen MR) is 104 cm³/mol. The molecule has 0 radical (unpaired) electrons. The Kier molecular flexibility index (Phi) is 4.34. The smallest absolute Gasteiger partial charge is 0.318 e. The third-order valence-corrected chi connectivity index (χ3v) is 6.53. The summed E-state index contributed by atoms with van der Waals surface area (Å²) >= 11 is 0. The second-order valence-electron chi connectivity index (χ2n) is 8.33. The number of rotatable bonds is 3. The molecule has 1 saturated carbocycles. The highest BCUT2D eigenvalue weighted by molar-refractivity contribution is 5.75. The van der Waals surface area contributed by atoms with Crippen LogP contribution >= 0.6 is 0 Å². The second kappa shape index (κ2) is 6.88. The van der Waals surface area contributed by atoms with Crippen molar-refractivity contribution in [1.82, 2.24) is 25.0 Å². The van der Waals surface area contributed by atoms with E-state index < -0.39 is 0 Å². The van der Waals surface area contributed by atoms with Gasteiger partial charge in [0.1, 0.15) is 12.4 Å². The lowest BCUT2D eigenvalue weighted by molar-refractivity contribution is 0.122. The highest BCUT2D eigenvalue weighted by atomic mass is 16.5. The molecule has 2 aliphatic heterocycles. The summed E-state index contributed by atoms with van der Waals surface area (Å²) < 4.78 is 7.08. The summed E-state index contributed by atoms with van der Waals surface area (Å²) in [5.41, 5.74) is 2.90. The minimum absolute atomic E-state index is 0.00974. The largest absolute Gasteiger partial charge is 0.377 e. The van der Waals surface area contributed by atoms with Gasteiger partial charge in [-0.1, -0.05) is 30.7 Å². The van der Waals surface area contributed by atoms with E-state index in [1.54, 1.807) is 7.11 Å². The van der Waals surface area contributed by atoms with Crippen molar-refractivity contribution in [2.75, 3.05) is 13.7 Å². The lowest BCUT2D eigenvalue weighted by atomic mass is 9.61. The highest BCUT2D eigenvalue weighted by Crippen LogP contribution is 2.48. The van der Waals surface area contributed by atoms with Crippen molar-refractivity contribution in [3.05, 3.63) is 47.0 Å². The topological polar surface area (TPSA) is 72.3 Å². The number of methoxy groups -OCH3 is 1. The molecule has 1 aromatic carbocycles. The number of amides is 2. The van der Waals surface area contributed by atoms with Crippen LogP contribution in [0.5, 0.6) is 0 Å². The van der Waals surface area contributed by atoms with E-state index in [0.717, 1.165) is 31.8 Å². The maximum Gasteiger partial charge on any atom is 0.318 e. The summed E-state index contributed by atoms with van der Waals surface area (Å²) in [5.74, 6) is 1.53. The van der Waals surface area contributed by atoms with Gasteiger partial charge < -0.3 is 15.0 Å². The van der Waals surface area contributed by atoms with E-state index in [4.69, 9.17) is 4.74 Å². The summed E-state index contributed by atoms with van der Waals surface area (Å²) in [6.07, 6.45) is 5.47. The number of ether oxygens (including phenoxy) is 1. The molecule has 28 heavy (non-hydrogen) atoms. The van der Waals surface area contributed by atoms with E-state index in [2.05, 4.69) is 39.7 Å². The first-order valence-electron chi connectivity index (χ1n) is 10.2. The van der Waals surface area contributed by atoms with Crippen molar-refractivity contribution >= 4 is 6.03 Å². The molecule has 7 nitrogen and oxygen atoms in total. The van der Waals surface area contributed by atoms with Gasteiger partial charge in [-0.05, 0) is 36.8 Å². The van der Waals surface area contributed by atoms with Gasteiger partial charge in [0.2, 0.25) is 0 Å². The van der Waals surface area contributed by atoms with Gasteiger partial charge in [-0.2, -0.15) is 5.10 Å². The van der Waals surface area contributed by atoms with Crippen molar-refractivity contribution in [3.63, 3.8) is 0 Å². The van der Waals surface area contributed by atoms with Crippen LogP contribution in [0.25, 0.3) is 0 Å². The molecule has 3 aliphatic rings. The van der Waals surface area contributed by atoms with E-state index in [1.165, 1.54) is 30.4 Å². The van der Waals surface area contributed by atoms with Crippen molar-refractivity contribution in [3.8, 4) is 0 Å². The molecule has 3 heterocycles. The molecule has 1 unspecified atom stereocenters. The van der Waals surface area contributed by atoms with Gasteiger partial charge in [0.25, 0.3) is 0 Å². The molecule has 1 atom stereocenters. The molecule has 2 aromatic rings. The standard InChI is InChI=1S/C21H27N5O2/c1-28-13-18-23-19-17(8-4-11-26(19)24-18)22-20(27)25-12-15-6-2-3-7-16(15)21(14-25)9-5-10-21/h2-3,6-7,17H,4-5,8-14H2,1H3,(H,22,27). The normalized spacial score (nSPS) is 22.3. The van der Waals surface area contributed by atoms with Crippen molar-refractivity contribution in [2.24, 2.45) is 0 Å². The van der Waals surface area contributed by atoms with Crippen LogP contribution in [0.15, 0.2) is 24.3 Å². The van der Waals surface area contributed by atoms with E-state index in [-0.39, 0.29) is 17.5 Å². The molecule has 1 spiro atoms. The quantitative estimate of drug-likeness (QED) is 0.887. The summed E-state index contributed by atoms with van der Waals surface area (Å²) in [6.45, 7) is 2.73. The Morgan fingerprint density at radius 2 is 2.18 bits per heavy atom. The number of fused-ring (bicyclic) bond motifs is 3. The minimum atomic E-state index is -0.0890. The molecule has 7 heteroatoms. The van der Waals surface area contributed by atoms with Gasteiger partial charge in [-0.15, -0.1) is 0 Å². The number of hydrogen-bond donors (Lipinski definition) is 1. The Morgan fingerprint density at radius 1 is 1.32 bits per heavy atom. The molecule has 5 rings (SSSR count). The van der Waals surface area contributed by atoms with Gasteiger partial charge in [0.05, 0.1) is 6.04 Å². The average Bonchev–Trinajstić information content (AvgIpc) is 3.09. The Morgan fingerprint density at radius 3 is 2.96 bits per heavy atom. The molecule has 2 amide bonds. The number of benzene rings is 1. The Balaban J connectivity index is 1.35. The number of carbonyl (C=O) groups is 1. The van der Waals surface area contributed by atoms with Gasteiger partial charge in [0, 0.05) is 32.2 Å². The Hall–Kier alpha value is -2.41. The van der Waals surface area contributed by atoms with Crippen LogP contribution in [0, 0.1) is 0 Å². The summed E-state index contributed by atoms with van der Waals surface area (Å²) in [7, 11) is 1.64. The van der Waals surface area contributed by atoms with Gasteiger partial charge >= 0.3 is 6.03 Å². The summed E-state index contributed by atoms with van der Waals surface area (Å²) in [5, 5.41) is 7.74. The van der Waals surface area contributed by atoms with Gasteiger partial charge in [0.15, 0.2) is 5.82 Å². The number of aromatic nitrogens is 3. The van der Waals surface area contributed by atoms with Crippen LogP contribution in [0.1, 0.15) is 60.9 Å². The lowest BCUT2D eigenvalue weighted by Gasteiger charge is -2.50. The lowest BCUT2D eigenvalue weighted by Crippen LogP contribution is -2.54. The summed E-state index contributed by atoms with van der Waals surface area (Å²) in [6, 6.07) is 8.55. The van der Waals surface area contributed by atoms with Crippen LogP contribution in [-0.2, 0) is 29.8 Å². The third kappa shape index (κ3) is 2.89. The van der Waals surface area contributed by atoms with Crippen molar-refractivity contribution in [2.45, 2.75) is 63.3 Å². The van der Waals surface area contributed by atoms with Crippen LogP contribution < -0.4 is 5.32 Å². The number of carbonyl (C=O) groups excluding carboxylic acids is 1.